The number of halogens is 3. The number of hydrogen-bond donors (Lipinski definition) is 2. The predicted molar refractivity (Wildman–Crippen MR) is 74.9 cm³/mol. The fraction of sp³-hybridized carbons (Fsp3) is 0.0714. The smallest absolute Gasteiger partial charge is 0.258 e. The van der Waals surface area contributed by atoms with Gasteiger partial charge in [-0.2, -0.15) is 0 Å². The van der Waals surface area contributed by atoms with Crippen molar-refractivity contribution in [1.82, 2.24) is 0 Å². The molecule has 0 aromatic heterocycles. The molecule has 0 unspecified atom stereocenters. The van der Waals surface area contributed by atoms with E-state index in [1.54, 1.807) is 25.1 Å². The first kappa shape index (κ1) is 14.3. The lowest BCUT2D eigenvalue weighted by atomic mass is 10.1. The van der Waals surface area contributed by atoms with E-state index in [1.165, 1.54) is 0 Å². The van der Waals surface area contributed by atoms with Crippen LogP contribution in [0, 0.1) is 18.6 Å². The highest BCUT2D eigenvalue weighted by molar-refractivity contribution is 6.30. The maximum atomic E-state index is 13.6. The average Bonchev–Trinajstić information content (AvgIpc) is 2.38. The van der Waals surface area contributed by atoms with Crippen molar-refractivity contribution in [2.75, 3.05) is 11.1 Å². The van der Waals surface area contributed by atoms with Gasteiger partial charge >= 0.3 is 0 Å². The first-order chi connectivity index (χ1) is 9.38. The molecular weight excluding hydrogens is 286 g/mol. The molecule has 0 atom stereocenters. The zero-order chi connectivity index (χ0) is 14.9. The van der Waals surface area contributed by atoms with Crippen LogP contribution in [0.3, 0.4) is 0 Å². The summed E-state index contributed by atoms with van der Waals surface area (Å²) in [5.74, 6) is -2.50. The summed E-state index contributed by atoms with van der Waals surface area (Å²) in [4.78, 5) is 11.9. The monoisotopic (exact) mass is 296 g/mol. The highest BCUT2D eigenvalue weighted by Gasteiger charge is 2.15. The van der Waals surface area contributed by atoms with Crippen LogP contribution in [0.4, 0.5) is 20.2 Å². The number of benzene rings is 2. The Hall–Kier alpha value is -2.14. The largest absolute Gasteiger partial charge is 0.399 e. The second-order valence-electron chi connectivity index (χ2n) is 4.27. The minimum Gasteiger partial charge on any atom is -0.399 e. The summed E-state index contributed by atoms with van der Waals surface area (Å²) in [7, 11) is 0. The highest BCUT2D eigenvalue weighted by atomic mass is 35.5. The molecule has 2 aromatic carbocycles. The average molecular weight is 297 g/mol. The summed E-state index contributed by atoms with van der Waals surface area (Å²) >= 11 is 5.43. The van der Waals surface area contributed by atoms with Crippen LogP contribution in [-0.4, -0.2) is 5.91 Å². The van der Waals surface area contributed by atoms with Crippen LogP contribution < -0.4 is 11.1 Å². The van der Waals surface area contributed by atoms with E-state index in [9.17, 15) is 13.6 Å². The fourth-order valence-electron chi connectivity index (χ4n) is 1.65. The van der Waals surface area contributed by atoms with Gasteiger partial charge in [-0.15, -0.1) is 0 Å². The lowest BCUT2D eigenvalue weighted by Crippen LogP contribution is -2.14. The molecule has 0 heterocycles. The summed E-state index contributed by atoms with van der Waals surface area (Å²) in [5.41, 5.74) is 7.02. The molecule has 2 rings (SSSR count). The quantitative estimate of drug-likeness (QED) is 0.655. The van der Waals surface area contributed by atoms with Gasteiger partial charge in [0.15, 0.2) is 0 Å². The van der Waals surface area contributed by atoms with Crippen LogP contribution in [0.2, 0.25) is 5.02 Å². The van der Waals surface area contributed by atoms with Gasteiger partial charge in [-0.05, 0) is 42.8 Å². The number of hydrogen-bond acceptors (Lipinski definition) is 2. The molecule has 0 radical (unpaired) electrons. The van der Waals surface area contributed by atoms with Crippen LogP contribution in [0.25, 0.3) is 0 Å². The molecule has 0 spiro atoms. The standard InChI is InChI=1S/C14H11ClF2N2O/c1-7-4-8(2-3-13(7)18)19-14(20)9-5-12(17)10(15)6-11(9)16/h2-6H,18H2,1H3,(H,19,20). The molecule has 0 aliphatic carbocycles. The molecule has 2 aromatic rings. The Kier molecular flexibility index (Phi) is 3.90. The molecular formula is C14H11ClF2N2O. The van der Waals surface area contributed by atoms with E-state index in [-0.39, 0.29) is 5.02 Å². The second-order valence-corrected chi connectivity index (χ2v) is 4.68. The van der Waals surface area contributed by atoms with Gasteiger partial charge < -0.3 is 11.1 Å². The molecule has 6 heteroatoms. The van der Waals surface area contributed by atoms with Gasteiger partial charge in [0.2, 0.25) is 0 Å². The molecule has 20 heavy (non-hydrogen) atoms. The number of carbonyl (C=O) groups is 1. The van der Waals surface area contributed by atoms with E-state index in [0.717, 1.165) is 17.7 Å². The third-order valence-corrected chi connectivity index (χ3v) is 3.07. The number of amides is 1. The molecule has 1 amide bonds. The van der Waals surface area contributed by atoms with E-state index in [1.807, 2.05) is 0 Å². The Morgan fingerprint density at radius 2 is 1.90 bits per heavy atom. The molecule has 0 bridgehead atoms. The zero-order valence-corrected chi connectivity index (χ0v) is 11.3. The lowest BCUT2D eigenvalue weighted by Gasteiger charge is -2.08. The van der Waals surface area contributed by atoms with Gasteiger partial charge in [0.1, 0.15) is 11.6 Å². The molecule has 0 aliphatic heterocycles. The Morgan fingerprint density at radius 3 is 2.55 bits per heavy atom. The number of nitrogens with one attached hydrogen (secondary N) is 1. The van der Waals surface area contributed by atoms with Gasteiger partial charge in [0, 0.05) is 11.4 Å². The van der Waals surface area contributed by atoms with Crippen LogP contribution in [0.15, 0.2) is 30.3 Å². The zero-order valence-electron chi connectivity index (χ0n) is 10.5. The summed E-state index contributed by atoms with van der Waals surface area (Å²) in [5, 5.41) is 2.10. The minimum absolute atomic E-state index is 0.373. The SMILES string of the molecule is Cc1cc(NC(=O)c2cc(F)c(Cl)cc2F)ccc1N. The first-order valence-corrected chi connectivity index (χ1v) is 6.08. The van der Waals surface area contributed by atoms with Crippen molar-refractivity contribution >= 4 is 28.9 Å². The normalized spacial score (nSPS) is 10.4. The molecule has 0 fully saturated rings. The van der Waals surface area contributed by atoms with Crippen molar-refractivity contribution in [3.05, 3.63) is 58.1 Å². The van der Waals surface area contributed by atoms with Crippen molar-refractivity contribution < 1.29 is 13.6 Å². The Balaban J connectivity index is 2.28. The van der Waals surface area contributed by atoms with Crippen molar-refractivity contribution in [3.63, 3.8) is 0 Å². The van der Waals surface area contributed by atoms with E-state index in [2.05, 4.69) is 5.32 Å². The number of rotatable bonds is 2. The Labute approximate surface area is 119 Å². The number of carbonyl (C=O) groups excluding carboxylic acids is 1. The Bertz CT molecular complexity index is 689. The number of aryl methyl sites for hydroxylation is 1. The van der Waals surface area contributed by atoms with Crippen molar-refractivity contribution in [1.29, 1.82) is 0 Å². The molecule has 0 saturated heterocycles. The molecule has 3 N–H and O–H groups in total. The number of nitrogen functional groups attached to an aromatic ring is 1. The summed E-state index contributed by atoms with van der Waals surface area (Å²) in [6.07, 6.45) is 0. The van der Waals surface area contributed by atoms with Gasteiger partial charge in [-0.25, -0.2) is 8.78 Å². The third kappa shape index (κ3) is 2.88. The van der Waals surface area contributed by atoms with Gasteiger partial charge in [-0.1, -0.05) is 11.6 Å². The van der Waals surface area contributed by atoms with Gasteiger partial charge in [0.05, 0.1) is 10.6 Å². The van der Waals surface area contributed by atoms with E-state index in [4.69, 9.17) is 17.3 Å². The maximum Gasteiger partial charge on any atom is 0.258 e. The number of nitrogens with two attached hydrogens (primary N) is 1. The fourth-order valence-corrected chi connectivity index (χ4v) is 1.80. The van der Waals surface area contributed by atoms with E-state index >= 15 is 0 Å². The Morgan fingerprint density at radius 1 is 1.20 bits per heavy atom. The molecule has 3 nitrogen and oxygen atoms in total. The lowest BCUT2D eigenvalue weighted by molar-refractivity contribution is 0.102. The third-order valence-electron chi connectivity index (χ3n) is 2.78. The highest BCUT2D eigenvalue weighted by Crippen LogP contribution is 2.21. The first-order valence-electron chi connectivity index (χ1n) is 5.70. The topological polar surface area (TPSA) is 55.1 Å². The van der Waals surface area contributed by atoms with Crippen molar-refractivity contribution in [2.45, 2.75) is 6.92 Å². The van der Waals surface area contributed by atoms with Crippen molar-refractivity contribution in [3.8, 4) is 0 Å². The second kappa shape index (κ2) is 5.46. The van der Waals surface area contributed by atoms with Gasteiger partial charge in [0.25, 0.3) is 5.91 Å². The molecule has 0 aliphatic rings. The van der Waals surface area contributed by atoms with Crippen LogP contribution in [-0.2, 0) is 0 Å². The molecule has 104 valence electrons. The molecule has 0 saturated carbocycles. The summed E-state index contributed by atoms with van der Waals surface area (Å²) < 4.78 is 26.9. The number of anilines is 2. The van der Waals surface area contributed by atoms with Gasteiger partial charge in [-0.3, -0.25) is 4.79 Å². The van der Waals surface area contributed by atoms with E-state index in [0.29, 0.717) is 11.4 Å². The van der Waals surface area contributed by atoms with E-state index < -0.39 is 23.1 Å². The van der Waals surface area contributed by atoms with Crippen molar-refractivity contribution in [2.24, 2.45) is 0 Å². The minimum atomic E-state index is -0.888. The van der Waals surface area contributed by atoms with Crippen LogP contribution in [0.5, 0.6) is 0 Å². The summed E-state index contributed by atoms with van der Waals surface area (Å²) in [6, 6.07) is 6.35. The predicted octanol–water partition coefficient (Wildman–Crippen LogP) is 3.76. The summed E-state index contributed by atoms with van der Waals surface area (Å²) in [6.45, 7) is 1.77. The van der Waals surface area contributed by atoms with Crippen LogP contribution in [0.1, 0.15) is 15.9 Å². The maximum absolute atomic E-state index is 13.6. The van der Waals surface area contributed by atoms with Crippen LogP contribution >= 0.6 is 11.6 Å².